The summed E-state index contributed by atoms with van der Waals surface area (Å²) in [5, 5.41) is 6.31. The minimum absolute atomic E-state index is 0.307. The van der Waals surface area contributed by atoms with Crippen molar-refractivity contribution in [3.8, 4) is 0 Å². The number of alkyl carbamates (subject to hydrolysis) is 1. The second-order valence-corrected chi connectivity index (χ2v) is 7.03. The molecular weight excluding hydrogens is 240 g/mol. The van der Waals surface area contributed by atoms with Crippen LogP contribution in [0.3, 0.4) is 0 Å². The van der Waals surface area contributed by atoms with Crippen molar-refractivity contribution in [2.24, 2.45) is 17.8 Å². The smallest absolute Gasteiger partial charge is 0.407 e. The molecule has 0 saturated carbocycles. The summed E-state index contributed by atoms with van der Waals surface area (Å²) < 4.78 is 5.23. The van der Waals surface area contributed by atoms with Gasteiger partial charge in [0.15, 0.2) is 0 Å². The molecule has 2 atom stereocenters. The Morgan fingerprint density at radius 1 is 1.32 bits per heavy atom. The zero-order valence-electron chi connectivity index (χ0n) is 13.1. The van der Waals surface area contributed by atoms with Crippen molar-refractivity contribution in [2.75, 3.05) is 19.6 Å². The Morgan fingerprint density at radius 3 is 2.53 bits per heavy atom. The van der Waals surface area contributed by atoms with Crippen LogP contribution in [0.2, 0.25) is 0 Å². The van der Waals surface area contributed by atoms with Gasteiger partial charge in [0.25, 0.3) is 0 Å². The Hall–Kier alpha value is -0.770. The highest BCUT2D eigenvalue weighted by Crippen LogP contribution is 2.26. The first kappa shape index (κ1) is 16.3. The molecular formula is C15H30N2O2. The second kappa shape index (κ2) is 7.13. The van der Waals surface area contributed by atoms with Crippen molar-refractivity contribution in [3.63, 3.8) is 0 Å². The normalized spacial score (nSPS) is 23.7. The molecule has 1 aliphatic rings. The van der Waals surface area contributed by atoms with Crippen LogP contribution in [0.4, 0.5) is 4.79 Å². The highest BCUT2D eigenvalue weighted by Gasteiger charge is 2.27. The Bertz CT molecular complexity index is 284. The molecule has 1 heterocycles. The molecule has 1 aliphatic heterocycles. The lowest BCUT2D eigenvalue weighted by Gasteiger charge is -2.22. The van der Waals surface area contributed by atoms with E-state index in [1.807, 2.05) is 20.8 Å². The van der Waals surface area contributed by atoms with E-state index in [-0.39, 0.29) is 6.09 Å². The van der Waals surface area contributed by atoms with Crippen molar-refractivity contribution in [3.05, 3.63) is 0 Å². The van der Waals surface area contributed by atoms with E-state index in [0.717, 1.165) is 31.3 Å². The zero-order chi connectivity index (χ0) is 14.5. The van der Waals surface area contributed by atoms with E-state index in [1.54, 1.807) is 0 Å². The Kier molecular flexibility index (Phi) is 6.11. The first-order valence-corrected chi connectivity index (χ1v) is 7.45. The summed E-state index contributed by atoms with van der Waals surface area (Å²) in [5.41, 5.74) is -0.417. The van der Waals surface area contributed by atoms with Gasteiger partial charge in [0.1, 0.15) is 5.60 Å². The fourth-order valence-electron chi connectivity index (χ4n) is 2.68. The van der Waals surface area contributed by atoms with Gasteiger partial charge >= 0.3 is 6.09 Å². The molecule has 0 spiro atoms. The highest BCUT2D eigenvalue weighted by molar-refractivity contribution is 5.67. The highest BCUT2D eigenvalue weighted by atomic mass is 16.6. The number of hydrogen-bond acceptors (Lipinski definition) is 3. The maximum atomic E-state index is 11.5. The number of rotatable bonds is 5. The number of hydrogen-bond donors (Lipinski definition) is 2. The van der Waals surface area contributed by atoms with Gasteiger partial charge in [0.2, 0.25) is 0 Å². The van der Waals surface area contributed by atoms with E-state index < -0.39 is 5.60 Å². The lowest BCUT2D eigenvalue weighted by Crippen LogP contribution is -2.34. The zero-order valence-corrected chi connectivity index (χ0v) is 13.1. The van der Waals surface area contributed by atoms with Gasteiger partial charge in [0, 0.05) is 6.54 Å². The van der Waals surface area contributed by atoms with Gasteiger partial charge in [-0.1, -0.05) is 13.8 Å². The molecule has 0 aliphatic carbocycles. The molecule has 1 saturated heterocycles. The molecule has 19 heavy (non-hydrogen) atoms. The van der Waals surface area contributed by atoms with Gasteiger partial charge in [-0.15, -0.1) is 0 Å². The summed E-state index contributed by atoms with van der Waals surface area (Å²) in [6, 6.07) is 0. The molecule has 1 rings (SSSR count). The fraction of sp³-hybridized carbons (Fsp3) is 0.933. The van der Waals surface area contributed by atoms with Crippen molar-refractivity contribution in [2.45, 2.75) is 53.1 Å². The summed E-state index contributed by atoms with van der Waals surface area (Å²) in [6.07, 6.45) is 1.99. The minimum Gasteiger partial charge on any atom is -0.444 e. The van der Waals surface area contributed by atoms with Gasteiger partial charge in [-0.05, 0) is 64.5 Å². The van der Waals surface area contributed by atoms with Crippen LogP contribution in [0.1, 0.15) is 47.5 Å². The first-order valence-electron chi connectivity index (χ1n) is 7.45. The van der Waals surface area contributed by atoms with Crippen LogP contribution in [0, 0.1) is 17.8 Å². The Morgan fingerprint density at radius 2 is 1.95 bits per heavy atom. The van der Waals surface area contributed by atoms with Gasteiger partial charge < -0.3 is 15.4 Å². The third-order valence-electron chi connectivity index (χ3n) is 3.44. The third kappa shape index (κ3) is 6.81. The van der Waals surface area contributed by atoms with Crippen LogP contribution >= 0.6 is 0 Å². The molecule has 112 valence electrons. The summed E-state index contributed by atoms with van der Waals surface area (Å²) >= 11 is 0. The van der Waals surface area contributed by atoms with Crippen LogP contribution in [0.15, 0.2) is 0 Å². The Balaban J connectivity index is 2.23. The summed E-state index contributed by atoms with van der Waals surface area (Å²) in [6.45, 7) is 13.1. The number of amides is 1. The minimum atomic E-state index is -0.417. The molecule has 0 aromatic carbocycles. The largest absolute Gasteiger partial charge is 0.444 e. The maximum absolute atomic E-state index is 11.5. The lowest BCUT2D eigenvalue weighted by molar-refractivity contribution is 0.0524. The van der Waals surface area contributed by atoms with Crippen LogP contribution in [0.25, 0.3) is 0 Å². The number of nitrogens with one attached hydrogen (secondary N) is 2. The monoisotopic (exact) mass is 270 g/mol. The molecule has 0 aromatic heterocycles. The predicted molar refractivity (Wildman–Crippen MR) is 78.2 cm³/mol. The van der Waals surface area contributed by atoms with Crippen LogP contribution in [-0.4, -0.2) is 31.3 Å². The van der Waals surface area contributed by atoms with E-state index in [9.17, 15) is 4.79 Å². The molecule has 4 nitrogen and oxygen atoms in total. The SMILES string of the molecule is CC(C)CC1CNCC1CCNC(=O)OC(C)(C)C. The molecule has 2 N–H and O–H groups in total. The van der Waals surface area contributed by atoms with Crippen molar-refractivity contribution >= 4 is 6.09 Å². The van der Waals surface area contributed by atoms with Crippen LogP contribution in [0.5, 0.6) is 0 Å². The molecule has 1 amide bonds. The topological polar surface area (TPSA) is 50.4 Å². The quantitative estimate of drug-likeness (QED) is 0.807. The van der Waals surface area contributed by atoms with Gasteiger partial charge in [-0.2, -0.15) is 0 Å². The molecule has 2 unspecified atom stereocenters. The maximum Gasteiger partial charge on any atom is 0.407 e. The van der Waals surface area contributed by atoms with E-state index in [1.165, 1.54) is 6.42 Å². The average Bonchev–Trinajstić information content (AvgIpc) is 2.62. The summed E-state index contributed by atoms with van der Waals surface area (Å²) in [5.74, 6) is 2.17. The molecule has 1 fully saturated rings. The molecule has 4 heteroatoms. The fourth-order valence-corrected chi connectivity index (χ4v) is 2.68. The molecule has 0 bridgehead atoms. The number of carbonyl (C=O) groups excluding carboxylic acids is 1. The lowest BCUT2D eigenvalue weighted by atomic mass is 9.86. The van der Waals surface area contributed by atoms with Crippen LogP contribution < -0.4 is 10.6 Å². The molecule has 0 radical (unpaired) electrons. The summed E-state index contributed by atoms with van der Waals surface area (Å²) in [4.78, 5) is 11.5. The number of carbonyl (C=O) groups is 1. The second-order valence-electron chi connectivity index (χ2n) is 7.03. The number of ether oxygens (including phenoxy) is 1. The summed E-state index contributed by atoms with van der Waals surface area (Å²) in [7, 11) is 0. The van der Waals surface area contributed by atoms with Gasteiger partial charge in [-0.3, -0.25) is 0 Å². The predicted octanol–water partition coefficient (Wildman–Crippen LogP) is 2.78. The Labute approximate surface area is 117 Å². The standard InChI is InChI=1S/C15H30N2O2/c1-11(2)8-13-10-16-9-12(13)6-7-17-14(18)19-15(3,4)5/h11-13,16H,6-10H2,1-5H3,(H,17,18). The van der Waals surface area contributed by atoms with E-state index in [0.29, 0.717) is 12.5 Å². The van der Waals surface area contributed by atoms with E-state index in [2.05, 4.69) is 24.5 Å². The van der Waals surface area contributed by atoms with Gasteiger partial charge in [0.05, 0.1) is 0 Å². The van der Waals surface area contributed by atoms with Crippen molar-refractivity contribution in [1.82, 2.24) is 10.6 Å². The van der Waals surface area contributed by atoms with E-state index >= 15 is 0 Å². The van der Waals surface area contributed by atoms with Crippen LogP contribution in [-0.2, 0) is 4.74 Å². The third-order valence-corrected chi connectivity index (χ3v) is 3.44. The first-order chi connectivity index (χ1) is 8.78. The average molecular weight is 270 g/mol. The van der Waals surface area contributed by atoms with Crippen molar-refractivity contribution in [1.29, 1.82) is 0 Å². The molecule has 0 aromatic rings. The van der Waals surface area contributed by atoms with Crippen molar-refractivity contribution < 1.29 is 9.53 Å². The van der Waals surface area contributed by atoms with Gasteiger partial charge in [-0.25, -0.2) is 4.79 Å². The van der Waals surface area contributed by atoms with E-state index in [4.69, 9.17) is 4.74 Å².